The molecule has 0 aromatic rings. The second-order valence-electron chi connectivity index (χ2n) is 6.22. The zero-order valence-electron chi connectivity index (χ0n) is 14.2. The Bertz CT molecular complexity index is 519. The summed E-state index contributed by atoms with van der Waals surface area (Å²) in [6.07, 6.45) is -3.31. The molecule has 2 aliphatic rings. The van der Waals surface area contributed by atoms with E-state index in [2.05, 4.69) is 30.1 Å². The van der Waals surface area contributed by atoms with Crippen molar-refractivity contribution in [2.24, 2.45) is 0 Å². The maximum Gasteiger partial charge on any atom is 0.490 e. The summed E-state index contributed by atoms with van der Waals surface area (Å²) in [5, 5.41) is 19.5. The van der Waals surface area contributed by atoms with Crippen molar-refractivity contribution in [3.8, 4) is 6.07 Å². The highest BCUT2D eigenvalue weighted by Gasteiger charge is 2.38. The second kappa shape index (κ2) is 9.01. The number of carbonyl (C=O) groups excluding carboxylic acids is 1. The minimum absolute atomic E-state index is 0.101. The smallest absolute Gasteiger partial charge is 0.475 e. The Balaban J connectivity index is 0.000000381. The molecule has 0 bridgehead atoms. The lowest BCUT2D eigenvalue weighted by Gasteiger charge is -2.37. The third-order valence-corrected chi connectivity index (χ3v) is 4.16. The summed E-state index contributed by atoms with van der Waals surface area (Å²) in [6.45, 7) is 7.63. The van der Waals surface area contributed by atoms with Crippen LogP contribution in [0.25, 0.3) is 0 Å². The van der Waals surface area contributed by atoms with E-state index in [-0.39, 0.29) is 18.0 Å². The molecule has 0 aliphatic carbocycles. The highest BCUT2D eigenvalue weighted by atomic mass is 19.4. The van der Waals surface area contributed by atoms with Gasteiger partial charge in [-0.15, -0.1) is 0 Å². The molecule has 0 aromatic heterocycles. The van der Waals surface area contributed by atoms with Crippen LogP contribution in [-0.4, -0.2) is 77.3 Å². The average molecular weight is 364 g/mol. The standard InChI is InChI=1S/C13H22N4O.C2HF3O2/c1-10(2)16-7-5-15-12(9-16)13(18)17-6-3-4-11(17)8-14;3-2(4,5)1(6)7/h10-12,15H,3-7,9H2,1-2H3;(H,6,7). The lowest BCUT2D eigenvalue weighted by atomic mass is 10.1. The van der Waals surface area contributed by atoms with Crippen LogP contribution in [0.2, 0.25) is 0 Å². The molecule has 2 aliphatic heterocycles. The number of nitrogens with zero attached hydrogens (tertiary/aromatic N) is 3. The fourth-order valence-corrected chi connectivity index (χ4v) is 2.77. The van der Waals surface area contributed by atoms with Gasteiger partial charge in [0.1, 0.15) is 6.04 Å². The summed E-state index contributed by atoms with van der Waals surface area (Å²) in [5.74, 6) is -2.66. The van der Waals surface area contributed by atoms with E-state index in [0.29, 0.717) is 6.04 Å². The lowest BCUT2D eigenvalue weighted by molar-refractivity contribution is -0.192. The highest BCUT2D eigenvalue weighted by Crippen LogP contribution is 2.18. The SMILES string of the molecule is CC(C)N1CCNC(C(=O)N2CCCC2C#N)C1.O=C(O)C(F)(F)F. The number of hydrogen-bond acceptors (Lipinski definition) is 5. The zero-order chi connectivity index (χ0) is 19.2. The number of nitrogens with one attached hydrogen (secondary N) is 1. The van der Waals surface area contributed by atoms with Gasteiger partial charge in [-0.2, -0.15) is 18.4 Å². The number of carboxylic acid groups (broad SMARTS) is 1. The molecular weight excluding hydrogens is 341 g/mol. The van der Waals surface area contributed by atoms with E-state index < -0.39 is 12.1 Å². The normalized spacial score (nSPS) is 24.4. The molecule has 1 amide bonds. The van der Waals surface area contributed by atoms with Gasteiger partial charge in [0.05, 0.1) is 12.1 Å². The molecule has 2 saturated heterocycles. The summed E-state index contributed by atoms with van der Waals surface area (Å²) in [4.78, 5) is 25.4. The van der Waals surface area contributed by atoms with E-state index in [1.807, 2.05) is 0 Å². The molecule has 0 aromatic carbocycles. The van der Waals surface area contributed by atoms with Gasteiger partial charge in [0.25, 0.3) is 0 Å². The van der Waals surface area contributed by atoms with Crippen molar-refractivity contribution in [2.45, 2.75) is 51.0 Å². The van der Waals surface area contributed by atoms with Gasteiger partial charge in [-0.1, -0.05) is 0 Å². The van der Waals surface area contributed by atoms with E-state index in [4.69, 9.17) is 15.2 Å². The Morgan fingerprint density at radius 3 is 2.40 bits per heavy atom. The first kappa shape index (κ1) is 21.2. The number of amides is 1. The van der Waals surface area contributed by atoms with Crippen LogP contribution >= 0.6 is 0 Å². The Morgan fingerprint density at radius 2 is 1.92 bits per heavy atom. The van der Waals surface area contributed by atoms with Crippen LogP contribution in [0.1, 0.15) is 26.7 Å². The molecule has 2 N–H and O–H groups in total. The molecule has 2 rings (SSSR count). The van der Waals surface area contributed by atoms with Crippen LogP contribution in [-0.2, 0) is 9.59 Å². The number of carboxylic acids is 1. The van der Waals surface area contributed by atoms with Gasteiger partial charge < -0.3 is 15.3 Å². The van der Waals surface area contributed by atoms with Crippen molar-refractivity contribution in [1.82, 2.24) is 15.1 Å². The molecule has 0 spiro atoms. The molecule has 2 unspecified atom stereocenters. The Hall–Kier alpha value is -1.86. The van der Waals surface area contributed by atoms with Crippen molar-refractivity contribution in [1.29, 1.82) is 5.26 Å². The minimum atomic E-state index is -5.08. The van der Waals surface area contributed by atoms with Gasteiger partial charge in [0.2, 0.25) is 5.91 Å². The lowest BCUT2D eigenvalue weighted by Crippen LogP contribution is -2.59. The van der Waals surface area contributed by atoms with Crippen molar-refractivity contribution in [2.75, 3.05) is 26.2 Å². The molecule has 2 heterocycles. The first-order valence-electron chi connectivity index (χ1n) is 8.05. The van der Waals surface area contributed by atoms with Crippen LogP contribution in [0, 0.1) is 11.3 Å². The number of halogens is 3. The van der Waals surface area contributed by atoms with E-state index in [1.165, 1.54) is 0 Å². The molecule has 142 valence electrons. The predicted molar refractivity (Wildman–Crippen MR) is 82.5 cm³/mol. The Labute approximate surface area is 144 Å². The largest absolute Gasteiger partial charge is 0.490 e. The summed E-state index contributed by atoms with van der Waals surface area (Å²) in [6, 6.07) is 2.34. The fourth-order valence-electron chi connectivity index (χ4n) is 2.77. The zero-order valence-corrected chi connectivity index (χ0v) is 14.2. The minimum Gasteiger partial charge on any atom is -0.475 e. The van der Waals surface area contributed by atoms with Crippen molar-refractivity contribution >= 4 is 11.9 Å². The van der Waals surface area contributed by atoms with Crippen LogP contribution in [0.3, 0.4) is 0 Å². The quantitative estimate of drug-likeness (QED) is 0.753. The highest BCUT2D eigenvalue weighted by molar-refractivity contribution is 5.83. The maximum absolute atomic E-state index is 12.4. The van der Waals surface area contributed by atoms with Crippen molar-refractivity contribution < 1.29 is 27.9 Å². The molecule has 0 saturated carbocycles. The number of likely N-dealkylation sites (tertiary alicyclic amines) is 1. The number of hydrogen-bond donors (Lipinski definition) is 2. The maximum atomic E-state index is 12.4. The van der Waals surface area contributed by atoms with Gasteiger partial charge in [-0.3, -0.25) is 9.69 Å². The van der Waals surface area contributed by atoms with Crippen LogP contribution < -0.4 is 5.32 Å². The fraction of sp³-hybridized carbons (Fsp3) is 0.800. The molecule has 2 atom stereocenters. The van der Waals surface area contributed by atoms with E-state index >= 15 is 0 Å². The van der Waals surface area contributed by atoms with Gasteiger partial charge in [0.15, 0.2) is 0 Å². The van der Waals surface area contributed by atoms with E-state index in [9.17, 15) is 18.0 Å². The Kier molecular flexibility index (Phi) is 7.63. The third kappa shape index (κ3) is 6.17. The van der Waals surface area contributed by atoms with Crippen LogP contribution in [0.4, 0.5) is 13.2 Å². The van der Waals surface area contributed by atoms with Gasteiger partial charge in [-0.05, 0) is 26.7 Å². The molecular formula is C15H23F3N4O3. The number of alkyl halides is 3. The predicted octanol–water partition coefficient (Wildman–Crippen LogP) is 0.816. The van der Waals surface area contributed by atoms with E-state index in [0.717, 1.165) is 39.0 Å². The first-order chi connectivity index (χ1) is 11.6. The molecule has 10 heteroatoms. The van der Waals surface area contributed by atoms with Crippen LogP contribution in [0.15, 0.2) is 0 Å². The van der Waals surface area contributed by atoms with Crippen LogP contribution in [0.5, 0.6) is 0 Å². The second-order valence-corrected chi connectivity index (χ2v) is 6.22. The Morgan fingerprint density at radius 1 is 1.32 bits per heavy atom. The monoisotopic (exact) mass is 364 g/mol. The number of rotatable bonds is 2. The molecule has 25 heavy (non-hydrogen) atoms. The number of carbonyl (C=O) groups is 2. The van der Waals surface area contributed by atoms with Crippen molar-refractivity contribution in [3.63, 3.8) is 0 Å². The molecule has 2 fully saturated rings. The summed E-state index contributed by atoms with van der Waals surface area (Å²) < 4.78 is 31.7. The van der Waals surface area contributed by atoms with Crippen molar-refractivity contribution in [3.05, 3.63) is 0 Å². The molecule has 7 nitrogen and oxygen atoms in total. The first-order valence-corrected chi connectivity index (χ1v) is 8.05. The van der Waals surface area contributed by atoms with Gasteiger partial charge >= 0.3 is 12.1 Å². The summed E-state index contributed by atoms with van der Waals surface area (Å²) in [5.41, 5.74) is 0. The van der Waals surface area contributed by atoms with E-state index in [1.54, 1.807) is 4.90 Å². The van der Waals surface area contributed by atoms with Gasteiger partial charge in [-0.25, -0.2) is 4.79 Å². The van der Waals surface area contributed by atoms with Gasteiger partial charge in [0, 0.05) is 32.2 Å². The number of aliphatic carboxylic acids is 1. The molecule has 0 radical (unpaired) electrons. The number of nitriles is 1. The summed E-state index contributed by atoms with van der Waals surface area (Å²) >= 11 is 0. The topological polar surface area (TPSA) is 96.7 Å². The third-order valence-electron chi connectivity index (χ3n) is 4.16. The summed E-state index contributed by atoms with van der Waals surface area (Å²) in [7, 11) is 0. The average Bonchev–Trinajstić information content (AvgIpc) is 3.02. The number of piperazine rings is 1.